The Bertz CT molecular complexity index is 3990. The number of nitrogens with zero attached hydrogens (tertiary/aromatic N) is 2. The minimum absolute atomic E-state index is 0.0114. The number of rotatable bonds is 6. The van der Waals surface area contributed by atoms with Gasteiger partial charge in [-0.15, -0.1) is 0 Å². The van der Waals surface area contributed by atoms with Gasteiger partial charge in [-0.2, -0.15) is 0 Å². The van der Waals surface area contributed by atoms with Crippen LogP contribution in [0.2, 0.25) is 0 Å². The van der Waals surface area contributed by atoms with E-state index in [1.807, 2.05) is 0 Å². The molecule has 0 fully saturated rings. The summed E-state index contributed by atoms with van der Waals surface area (Å²) in [7, 11) is 0. The lowest BCUT2D eigenvalue weighted by Crippen LogP contribution is -2.29. The number of aromatic nitrogens is 1. The van der Waals surface area contributed by atoms with Gasteiger partial charge in [0, 0.05) is 33.4 Å². The predicted molar refractivity (Wildman–Crippen MR) is 213 cm³/mol. The van der Waals surface area contributed by atoms with Crippen LogP contribution in [0.1, 0.15) is 56.5 Å². The summed E-state index contributed by atoms with van der Waals surface area (Å²) in [5.41, 5.74) is -7.73. The standard InChI is InChI=1S/C49H34N2/c1-5-18-35(19-6-1)49(36-20-7-2-8-21-36)44-29-15-13-26-40(44)43-28-17-31-46(48(43)49)51-45-30-16-14-27-41(45)42-33-32-39(34-47(42)51)50(37-22-9-3-10-23-37)38-24-11-4-12-25-38/h1-34H/i1D,2D,3D,4D,5D,6D,7D,8D,9D,10D,11D,12D,13D,15D,18D,19D,20D,22D,23D,24D,25D,26D,28D,29D,31D. The summed E-state index contributed by atoms with van der Waals surface area (Å²) in [5.74, 6) is 0. The van der Waals surface area contributed by atoms with Gasteiger partial charge < -0.3 is 9.47 Å². The van der Waals surface area contributed by atoms with Gasteiger partial charge in [-0.3, -0.25) is 0 Å². The number of hydrogen-bond acceptors (Lipinski definition) is 1. The van der Waals surface area contributed by atoms with Gasteiger partial charge in [-0.25, -0.2) is 0 Å². The Morgan fingerprint density at radius 1 is 0.451 bits per heavy atom. The number of fused-ring (bicyclic) bond motifs is 6. The van der Waals surface area contributed by atoms with Crippen LogP contribution in [0.25, 0.3) is 38.6 Å². The molecule has 51 heavy (non-hydrogen) atoms. The Labute approximate surface area is 333 Å². The minimum atomic E-state index is -2.87. The van der Waals surface area contributed by atoms with E-state index in [0.29, 0.717) is 10.8 Å². The molecule has 0 saturated heterocycles. The molecule has 0 saturated carbocycles. The Morgan fingerprint density at radius 3 is 1.84 bits per heavy atom. The zero-order chi connectivity index (χ0) is 55.5. The van der Waals surface area contributed by atoms with E-state index >= 15 is 0 Å². The zero-order valence-corrected chi connectivity index (χ0v) is 26.1. The summed E-state index contributed by atoms with van der Waals surface area (Å²) in [6.45, 7) is 0. The van der Waals surface area contributed by atoms with Crippen molar-refractivity contribution < 1.29 is 34.3 Å². The molecule has 240 valence electrons. The van der Waals surface area contributed by atoms with Crippen LogP contribution in [0.4, 0.5) is 17.1 Å². The molecule has 0 aliphatic heterocycles. The van der Waals surface area contributed by atoms with Gasteiger partial charge >= 0.3 is 0 Å². The van der Waals surface area contributed by atoms with E-state index in [1.54, 1.807) is 24.3 Å². The highest BCUT2D eigenvalue weighted by Gasteiger charge is 2.47. The lowest BCUT2D eigenvalue weighted by Gasteiger charge is -2.35. The number of para-hydroxylation sites is 3. The third-order valence-electron chi connectivity index (χ3n) is 8.99. The lowest BCUT2D eigenvalue weighted by atomic mass is 9.67. The van der Waals surface area contributed by atoms with Crippen LogP contribution in [-0.2, 0) is 5.41 Å². The van der Waals surface area contributed by atoms with E-state index in [2.05, 4.69) is 0 Å². The smallest absolute Gasteiger partial charge is 0.0734 e. The fraction of sp³-hybridized carbons (Fsp3) is 0.0204. The molecule has 9 aromatic rings. The van der Waals surface area contributed by atoms with Gasteiger partial charge in [0.1, 0.15) is 0 Å². The van der Waals surface area contributed by atoms with Crippen LogP contribution in [0.5, 0.6) is 0 Å². The topological polar surface area (TPSA) is 8.17 Å². The molecule has 0 radical (unpaired) electrons. The van der Waals surface area contributed by atoms with Crippen LogP contribution >= 0.6 is 0 Å². The van der Waals surface area contributed by atoms with Crippen molar-refractivity contribution in [3.63, 3.8) is 0 Å². The van der Waals surface area contributed by atoms with Crippen molar-refractivity contribution in [2.45, 2.75) is 5.41 Å². The Balaban J connectivity index is 1.49. The van der Waals surface area contributed by atoms with Crippen molar-refractivity contribution in [2.75, 3.05) is 4.90 Å². The summed E-state index contributed by atoms with van der Waals surface area (Å²) >= 11 is 0. The zero-order valence-electron chi connectivity index (χ0n) is 51.1. The van der Waals surface area contributed by atoms with E-state index in [0.717, 1.165) is 17.0 Å². The molecule has 1 aliphatic rings. The fourth-order valence-corrected chi connectivity index (χ4v) is 7.08. The summed E-state index contributed by atoms with van der Waals surface area (Å²) in [5, 5.41) is 0.721. The normalized spacial score (nSPS) is 21.6. The molecule has 8 aromatic carbocycles. The summed E-state index contributed by atoms with van der Waals surface area (Å²) in [6.07, 6.45) is 0. The summed E-state index contributed by atoms with van der Waals surface area (Å²) in [6, 6.07) is -8.32. The van der Waals surface area contributed by atoms with E-state index in [9.17, 15) is 9.60 Å². The Morgan fingerprint density at radius 2 is 1.08 bits per heavy atom. The first-order valence-electron chi connectivity index (χ1n) is 28.1. The maximum Gasteiger partial charge on any atom is 0.0734 e. The summed E-state index contributed by atoms with van der Waals surface area (Å²) < 4.78 is 228. The molecule has 1 aromatic heterocycles. The highest BCUT2D eigenvalue weighted by Crippen LogP contribution is 2.58. The Kier molecular flexibility index (Phi) is 3.13. The molecular formula is C49H34N2. The van der Waals surface area contributed by atoms with Crippen LogP contribution in [0.15, 0.2) is 206 Å². The van der Waals surface area contributed by atoms with Crippen molar-refractivity contribution in [3.05, 3.63) is 228 Å². The summed E-state index contributed by atoms with van der Waals surface area (Å²) in [4.78, 5) is 0.901. The maximum absolute atomic E-state index is 9.97. The second-order valence-corrected chi connectivity index (χ2v) is 11.4. The number of anilines is 3. The van der Waals surface area contributed by atoms with Gasteiger partial charge in [0.15, 0.2) is 0 Å². The molecule has 1 aliphatic carbocycles. The largest absolute Gasteiger partial charge is 0.310 e. The van der Waals surface area contributed by atoms with E-state index in [-0.39, 0.29) is 28.0 Å². The second kappa shape index (κ2) is 11.8. The molecule has 0 amide bonds. The quantitative estimate of drug-likeness (QED) is 0.170. The molecule has 0 spiro atoms. The third-order valence-corrected chi connectivity index (χ3v) is 8.99. The van der Waals surface area contributed by atoms with Gasteiger partial charge in [-0.05, 0) is 76.2 Å². The number of hydrogen-bond donors (Lipinski definition) is 0. The number of benzene rings is 8. The van der Waals surface area contributed by atoms with Gasteiger partial charge in [-0.1, -0.05) is 157 Å². The molecule has 1 unspecified atom stereocenters. The van der Waals surface area contributed by atoms with Crippen LogP contribution in [0.3, 0.4) is 0 Å². The molecule has 10 rings (SSSR count). The monoisotopic (exact) mass is 675 g/mol. The van der Waals surface area contributed by atoms with Crippen molar-refractivity contribution in [1.82, 2.24) is 4.57 Å². The molecule has 1 atom stereocenters. The minimum Gasteiger partial charge on any atom is -0.310 e. The molecule has 2 heteroatoms. The van der Waals surface area contributed by atoms with Crippen molar-refractivity contribution in [2.24, 2.45) is 0 Å². The highest BCUT2D eigenvalue weighted by atomic mass is 15.1. The van der Waals surface area contributed by atoms with E-state index < -0.39 is 196 Å². The predicted octanol–water partition coefficient (Wildman–Crippen LogP) is 12.6. The van der Waals surface area contributed by atoms with Crippen LogP contribution < -0.4 is 4.90 Å². The SMILES string of the molecule is [2H]c1cc(C2(c3c([2H])c([2H])c([2H])c([2H])c3[2H])c3c([2H])c([2H])c([2H])c([2H])c3-c3c([2H])cc([2H])c(-n4c5ccccc5c5ccc(N(c6c([2H])c([2H])c([2H])c([2H])c6[2H])c6c([2H])c([2H])c([2H])c([2H])c6[2H])cc54)c32)c([2H])c([2H])c1[2H]. The van der Waals surface area contributed by atoms with E-state index in [1.165, 1.54) is 22.8 Å². The molecule has 1 heterocycles. The van der Waals surface area contributed by atoms with Crippen LogP contribution in [0, 0.1) is 0 Å². The van der Waals surface area contributed by atoms with Gasteiger partial charge in [0.25, 0.3) is 0 Å². The first kappa shape index (κ1) is 13.6. The van der Waals surface area contributed by atoms with E-state index in [4.69, 9.17) is 24.7 Å². The first-order valence-corrected chi connectivity index (χ1v) is 15.6. The van der Waals surface area contributed by atoms with Crippen molar-refractivity contribution in [1.29, 1.82) is 0 Å². The highest BCUT2D eigenvalue weighted by molar-refractivity contribution is 6.11. The molecule has 0 N–H and O–H groups in total. The van der Waals surface area contributed by atoms with Crippen molar-refractivity contribution >= 4 is 38.9 Å². The molecular weight excluding hydrogens is 617 g/mol. The third kappa shape index (κ3) is 4.36. The lowest BCUT2D eigenvalue weighted by molar-refractivity contribution is 0.762. The average Bonchev–Trinajstić information content (AvgIpc) is 3.99. The van der Waals surface area contributed by atoms with Crippen molar-refractivity contribution in [3.8, 4) is 16.8 Å². The molecule has 0 bridgehead atoms. The van der Waals surface area contributed by atoms with Gasteiger partial charge in [0.2, 0.25) is 0 Å². The van der Waals surface area contributed by atoms with Crippen LogP contribution in [-0.4, -0.2) is 4.57 Å². The van der Waals surface area contributed by atoms with Gasteiger partial charge in [0.05, 0.1) is 56.4 Å². The second-order valence-electron chi connectivity index (χ2n) is 11.4. The maximum atomic E-state index is 9.97. The average molecular weight is 676 g/mol. The fourth-order valence-electron chi connectivity index (χ4n) is 7.08. The molecule has 2 nitrogen and oxygen atoms in total. The Hall–Kier alpha value is -6.64. The first-order chi connectivity index (χ1) is 35.7.